The lowest BCUT2D eigenvalue weighted by Gasteiger charge is -2.48. The van der Waals surface area contributed by atoms with Crippen molar-refractivity contribution in [2.24, 2.45) is 0 Å². The van der Waals surface area contributed by atoms with Crippen LogP contribution in [-0.2, 0) is 28.5 Å². The number of carbonyl (C=O) groups excluding carboxylic acids is 1. The Balaban J connectivity index is 1.80. The first-order chi connectivity index (χ1) is 16.9. The first-order valence-corrected chi connectivity index (χ1v) is 11.4. The highest BCUT2D eigenvalue weighted by atomic mass is 16.7. The minimum atomic E-state index is -1.82. The van der Waals surface area contributed by atoms with Crippen molar-refractivity contribution in [3.8, 4) is 0 Å². The molecule has 3 aliphatic heterocycles. The first-order valence-electron chi connectivity index (χ1n) is 11.4. The second kappa shape index (κ2) is 12.2. The molecule has 0 aromatic rings. The van der Waals surface area contributed by atoms with E-state index < -0.39 is 111 Å². The van der Waals surface area contributed by atoms with Crippen LogP contribution in [0.3, 0.4) is 0 Å². The van der Waals surface area contributed by atoms with Gasteiger partial charge in [0.15, 0.2) is 18.9 Å². The number of nitrogens with one attached hydrogen (secondary N) is 1. The third kappa shape index (κ3) is 5.97. The highest BCUT2D eigenvalue weighted by molar-refractivity contribution is 5.73. The Hall–Kier alpha value is -1.09. The predicted octanol–water partition coefficient (Wildman–Crippen LogP) is -6.40. The van der Waals surface area contributed by atoms with Crippen molar-refractivity contribution in [1.29, 1.82) is 0 Å². The summed E-state index contributed by atoms with van der Waals surface area (Å²) in [5.74, 6) is -0.608. The van der Waals surface area contributed by atoms with Crippen LogP contribution in [-0.4, -0.2) is 157 Å². The molecule has 0 aliphatic carbocycles. The predicted molar refractivity (Wildman–Crippen MR) is 111 cm³/mol. The summed E-state index contributed by atoms with van der Waals surface area (Å²) in [6, 6.07) is -1.34. The van der Waals surface area contributed by atoms with Gasteiger partial charge in [0.1, 0.15) is 67.1 Å². The molecule has 0 radical (unpaired) electrons. The van der Waals surface area contributed by atoms with Crippen LogP contribution in [0.1, 0.15) is 13.8 Å². The van der Waals surface area contributed by atoms with E-state index in [1.54, 1.807) is 0 Å². The minimum Gasteiger partial charge on any atom is -0.394 e. The maximum Gasteiger partial charge on any atom is 0.217 e. The van der Waals surface area contributed by atoms with Gasteiger partial charge in [-0.2, -0.15) is 0 Å². The lowest BCUT2D eigenvalue weighted by atomic mass is 9.95. The molecule has 3 saturated heterocycles. The fourth-order valence-corrected chi connectivity index (χ4v) is 4.39. The lowest BCUT2D eigenvalue weighted by Crippen LogP contribution is -2.68. The number of aliphatic hydroxyl groups is 9. The van der Waals surface area contributed by atoms with Gasteiger partial charge in [0, 0.05) is 6.92 Å². The first kappa shape index (κ1) is 29.5. The van der Waals surface area contributed by atoms with Crippen LogP contribution in [0.5, 0.6) is 0 Å². The van der Waals surface area contributed by atoms with Gasteiger partial charge in [-0.3, -0.25) is 4.79 Å². The fourth-order valence-electron chi connectivity index (χ4n) is 4.39. The Bertz CT molecular complexity index is 729. The molecule has 0 aromatic carbocycles. The van der Waals surface area contributed by atoms with E-state index >= 15 is 0 Å². The van der Waals surface area contributed by atoms with Gasteiger partial charge < -0.3 is 75.0 Å². The standard InChI is InChI=1S/C20H35NO15/c1-5-10(25)17(36-19-14(29)13(28)11(26)7(3-22)34-19)15(30)20(32-5)35-16-9(21-6(2)24)18(31)33-8(4-23)12(16)27/h5,7-20,22-23,25-31H,3-4H2,1-2H3,(H,21,24)/t5-,7+,8+,9+,10-,11+,12+,13-,14+,15+,16+,17+,18+,19-,20-/m0/s1. The van der Waals surface area contributed by atoms with E-state index in [9.17, 15) is 50.8 Å². The van der Waals surface area contributed by atoms with Crippen molar-refractivity contribution >= 4 is 5.91 Å². The molecule has 36 heavy (non-hydrogen) atoms. The number of hydrogen-bond acceptors (Lipinski definition) is 15. The Morgan fingerprint density at radius 2 is 1.28 bits per heavy atom. The van der Waals surface area contributed by atoms with Crippen LogP contribution < -0.4 is 5.32 Å². The molecule has 0 bridgehead atoms. The summed E-state index contributed by atoms with van der Waals surface area (Å²) in [6.07, 6.45) is -21.9. The van der Waals surface area contributed by atoms with Crippen LogP contribution in [0.15, 0.2) is 0 Å². The average molecular weight is 529 g/mol. The van der Waals surface area contributed by atoms with Crippen molar-refractivity contribution in [1.82, 2.24) is 5.32 Å². The normalized spacial score (nSPS) is 50.0. The molecule has 3 fully saturated rings. The monoisotopic (exact) mass is 529 g/mol. The van der Waals surface area contributed by atoms with Crippen LogP contribution in [0.2, 0.25) is 0 Å². The van der Waals surface area contributed by atoms with E-state index in [4.69, 9.17) is 23.7 Å². The topological polar surface area (TPSA) is 257 Å². The Morgan fingerprint density at radius 3 is 1.86 bits per heavy atom. The van der Waals surface area contributed by atoms with Gasteiger partial charge in [-0.05, 0) is 6.92 Å². The molecule has 16 heteroatoms. The van der Waals surface area contributed by atoms with Gasteiger partial charge in [0.25, 0.3) is 0 Å². The fraction of sp³-hybridized carbons (Fsp3) is 0.950. The van der Waals surface area contributed by atoms with E-state index in [2.05, 4.69) is 5.32 Å². The maximum absolute atomic E-state index is 11.6. The summed E-state index contributed by atoms with van der Waals surface area (Å²) >= 11 is 0. The largest absolute Gasteiger partial charge is 0.394 e. The molecule has 3 aliphatic rings. The number of carbonyl (C=O) groups is 1. The molecule has 16 nitrogen and oxygen atoms in total. The molecule has 210 valence electrons. The number of rotatable bonds is 7. The van der Waals surface area contributed by atoms with E-state index in [1.807, 2.05) is 0 Å². The van der Waals surface area contributed by atoms with Crippen LogP contribution in [0, 0.1) is 0 Å². The lowest BCUT2D eigenvalue weighted by molar-refractivity contribution is -0.370. The van der Waals surface area contributed by atoms with Gasteiger partial charge in [0.05, 0.1) is 19.3 Å². The molecular formula is C20H35NO15. The zero-order valence-electron chi connectivity index (χ0n) is 19.5. The van der Waals surface area contributed by atoms with Gasteiger partial charge in [-0.25, -0.2) is 0 Å². The van der Waals surface area contributed by atoms with Crippen molar-refractivity contribution in [3.05, 3.63) is 0 Å². The van der Waals surface area contributed by atoms with Crippen molar-refractivity contribution in [3.63, 3.8) is 0 Å². The van der Waals surface area contributed by atoms with Crippen LogP contribution >= 0.6 is 0 Å². The Morgan fingerprint density at radius 1 is 0.722 bits per heavy atom. The summed E-state index contributed by atoms with van der Waals surface area (Å²) in [5.41, 5.74) is 0. The van der Waals surface area contributed by atoms with E-state index in [0.29, 0.717) is 0 Å². The molecule has 0 saturated carbocycles. The molecule has 0 aromatic heterocycles. The van der Waals surface area contributed by atoms with Gasteiger partial charge in [0.2, 0.25) is 5.91 Å². The van der Waals surface area contributed by atoms with E-state index in [1.165, 1.54) is 6.92 Å². The summed E-state index contributed by atoms with van der Waals surface area (Å²) in [5, 5.41) is 93.7. The van der Waals surface area contributed by atoms with Crippen molar-refractivity contribution < 1.29 is 74.4 Å². The van der Waals surface area contributed by atoms with Crippen LogP contribution in [0.4, 0.5) is 0 Å². The maximum atomic E-state index is 11.6. The highest BCUT2D eigenvalue weighted by Crippen LogP contribution is 2.32. The highest BCUT2D eigenvalue weighted by Gasteiger charge is 2.53. The molecule has 0 unspecified atom stereocenters. The van der Waals surface area contributed by atoms with Crippen molar-refractivity contribution in [2.45, 2.75) is 106 Å². The summed E-state index contributed by atoms with van der Waals surface area (Å²) in [7, 11) is 0. The molecular weight excluding hydrogens is 494 g/mol. The number of hydrogen-bond donors (Lipinski definition) is 10. The number of ether oxygens (including phenoxy) is 5. The minimum absolute atomic E-state index is 0.608. The molecule has 15 atom stereocenters. The van der Waals surface area contributed by atoms with Crippen molar-refractivity contribution in [2.75, 3.05) is 13.2 Å². The molecule has 10 N–H and O–H groups in total. The van der Waals surface area contributed by atoms with Crippen LogP contribution in [0.25, 0.3) is 0 Å². The van der Waals surface area contributed by atoms with E-state index in [0.717, 1.165) is 6.92 Å². The quantitative estimate of drug-likeness (QED) is 0.147. The second-order valence-electron chi connectivity index (χ2n) is 9.05. The smallest absolute Gasteiger partial charge is 0.217 e. The zero-order chi connectivity index (χ0) is 26.9. The Labute approximate surface area is 205 Å². The second-order valence-corrected chi connectivity index (χ2v) is 9.05. The Kier molecular flexibility index (Phi) is 9.97. The third-order valence-electron chi connectivity index (χ3n) is 6.46. The summed E-state index contributed by atoms with van der Waals surface area (Å²) in [6.45, 7) is 1.10. The van der Waals surface area contributed by atoms with E-state index in [-0.39, 0.29) is 0 Å². The number of aliphatic hydroxyl groups excluding tert-OH is 9. The molecule has 3 heterocycles. The average Bonchev–Trinajstić information content (AvgIpc) is 2.83. The SMILES string of the molecule is CC(=O)N[C@@H]1[C@@H](O[C@@H]2O[C@@H](C)[C@H](O)[C@@H](O[C@@H]3O[C@H](CO)[C@@H](O)[C@H](O)[C@H]3O)[C@H]2O)[C@H](O)[C@@H](CO)O[C@H]1O. The van der Waals surface area contributed by atoms with Gasteiger partial charge in [-0.15, -0.1) is 0 Å². The van der Waals surface area contributed by atoms with Gasteiger partial charge in [-0.1, -0.05) is 0 Å². The molecule has 1 amide bonds. The zero-order valence-corrected chi connectivity index (χ0v) is 19.5. The van der Waals surface area contributed by atoms with Gasteiger partial charge >= 0.3 is 0 Å². The molecule has 0 spiro atoms. The summed E-state index contributed by atoms with van der Waals surface area (Å²) < 4.78 is 27.1. The third-order valence-corrected chi connectivity index (χ3v) is 6.46. The molecule has 3 rings (SSSR count). The number of amides is 1. The summed E-state index contributed by atoms with van der Waals surface area (Å²) in [4.78, 5) is 11.6.